The number of hydrogen-bond donors (Lipinski definition) is 2. The molecule has 3 amide bonds. The lowest BCUT2D eigenvalue weighted by Crippen LogP contribution is -2.49. The van der Waals surface area contributed by atoms with Gasteiger partial charge in [-0.15, -0.1) is 5.10 Å². The van der Waals surface area contributed by atoms with E-state index in [9.17, 15) is 26.8 Å². The fraction of sp³-hybridized carbons (Fsp3) is 0.235. The summed E-state index contributed by atoms with van der Waals surface area (Å²) in [4.78, 5) is 23.5. The van der Waals surface area contributed by atoms with Gasteiger partial charge in [0.05, 0.1) is 17.4 Å². The van der Waals surface area contributed by atoms with E-state index in [4.69, 9.17) is 5.26 Å². The lowest BCUT2D eigenvalue weighted by molar-refractivity contribution is -0.121. The molecule has 1 aliphatic rings. The molecule has 3 rings (SSSR count). The minimum atomic E-state index is -4.82. The molecular formula is C17H14F2N6O4S. The van der Waals surface area contributed by atoms with Crippen LogP contribution in [0.4, 0.5) is 19.3 Å². The van der Waals surface area contributed by atoms with Gasteiger partial charge in [0.25, 0.3) is 10.0 Å². The van der Waals surface area contributed by atoms with E-state index < -0.39 is 56.8 Å². The van der Waals surface area contributed by atoms with Crippen molar-refractivity contribution in [3.05, 3.63) is 46.8 Å². The van der Waals surface area contributed by atoms with Crippen LogP contribution in [-0.2, 0) is 14.8 Å². The molecule has 0 aliphatic carbocycles. The molecule has 0 unspecified atom stereocenters. The SMILES string of the molecule is Cc1cc(C#N)nnc1[C@@H](C)NC(=O)CN1C(=O)Nc2ccc(F)c(F)c2S1(=O)=O. The van der Waals surface area contributed by atoms with Crippen molar-refractivity contribution in [3.8, 4) is 6.07 Å². The van der Waals surface area contributed by atoms with Crippen LogP contribution >= 0.6 is 0 Å². The summed E-state index contributed by atoms with van der Waals surface area (Å²) in [6.45, 7) is 2.21. The fourth-order valence-corrected chi connectivity index (χ4v) is 4.39. The topological polar surface area (TPSA) is 145 Å². The first-order valence-corrected chi connectivity index (χ1v) is 9.85. The molecule has 0 bridgehead atoms. The van der Waals surface area contributed by atoms with Crippen molar-refractivity contribution in [2.45, 2.75) is 24.8 Å². The first-order chi connectivity index (χ1) is 14.1. The second kappa shape index (κ2) is 7.64. The smallest absolute Gasteiger partial charge is 0.336 e. The molecule has 1 aromatic carbocycles. The molecule has 2 heterocycles. The summed E-state index contributed by atoms with van der Waals surface area (Å²) in [5, 5.41) is 20.9. The number of nitrogens with one attached hydrogen (secondary N) is 2. The van der Waals surface area contributed by atoms with Crippen molar-refractivity contribution in [1.82, 2.24) is 19.8 Å². The maximum Gasteiger partial charge on any atom is 0.336 e. The molecule has 30 heavy (non-hydrogen) atoms. The van der Waals surface area contributed by atoms with Gasteiger partial charge in [-0.25, -0.2) is 26.3 Å². The number of nitrogens with zero attached hydrogens (tertiary/aromatic N) is 4. The number of nitriles is 1. The summed E-state index contributed by atoms with van der Waals surface area (Å²) in [5.74, 6) is -3.97. The van der Waals surface area contributed by atoms with Gasteiger partial charge in [0.2, 0.25) is 5.91 Å². The number of halogens is 2. The standard InChI is InChI=1S/C17H14F2N6O4S/c1-8-5-10(6-20)23-24-15(8)9(2)21-13(26)7-25-17(27)22-12-4-3-11(18)14(19)16(12)30(25,28)29/h3-5,9H,7H2,1-2H3,(H,21,26)(H,22,27)/t9-/m1/s1. The van der Waals surface area contributed by atoms with Gasteiger partial charge in [-0.05, 0) is 37.6 Å². The van der Waals surface area contributed by atoms with Crippen LogP contribution in [-0.4, -0.2) is 41.4 Å². The fourth-order valence-electron chi connectivity index (χ4n) is 2.90. The van der Waals surface area contributed by atoms with Gasteiger partial charge in [0.15, 0.2) is 17.3 Å². The van der Waals surface area contributed by atoms with Crippen molar-refractivity contribution >= 4 is 27.6 Å². The van der Waals surface area contributed by atoms with Crippen LogP contribution in [0.1, 0.15) is 29.9 Å². The highest BCUT2D eigenvalue weighted by Gasteiger charge is 2.41. The number of aryl methyl sites for hydroxylation is 1. The summed E-state index contributed by atoms with van der Waals surface area (Å²) in [6.07, 6.45) is 0. The lowest BCUT2D eigenvalue weighted by atomic mass is 10.1. The number of carbonyl (C=O) groups excluding carboxylic acids is 2. The Hall–Kier alpha value is -3.66. The third kappa shape index (κ3) is 3.64. The molecule has 0 saturated heterocycles. The van der Waals surface area contributed by atoms with Crippen molar-refractivity contribution in [1.29, 1.82) is 5.26 Å². The van der Waals surface area contributed by atoms with Gasteiger partial charge in [0.1, 0.15) is 17.5 Å². The van der Waals surface area contributed by atoms with Crippen molar-refractivity contribution in [2.24, 2.45) is 0 Å². The third-order valence-corrected chi connectivity index (χ3v) is 6.07. The Morgan fingerprint density at radius 2 is 2.07 bits per heavy atom. The minimum Gasteiger partial charge on any atom is -0.346 e. The predicted molar refractivity (Wildman–Crippen MR) is 97.3 cm³/mol. The average molecular weight is 436 g/mol. The van der Waals surface area contributed by atoms with E-state index in [1.165, 1.54) is 13.0 Å². The Kier molecular flexibility index (Phi) is 5.36. The summed E-state index contributed by atoms with van der Waals surface area (Å²) < 4.78 is 53.0. The van der Waals surface area contributed by atoms with Crippen molar-refractivity contribution in [3.63, 3.8) is 0 Å². The van der Waals surface area contributed by atoms with Crippen LogP contribution in [0.5, 0.6) is 0 Å². The number of urea groups is 1. The van der Waals surface area contributed by atoms with Crippen LogP contribution in [0, 0.1) is 29.9 Å². The zero-order valence-electron chi connectivity index (χ0n) is 15.6. The van der Waals surface area contributed by atoms with Gasteiger partial charge in [0, 0.05) is 0 Å². The van der Waals surface area contributed by atoms with E-state index in [0.717, 1.165) is 6.07 Å². The first kappa shape index (κ1) is 21.1. The molecule has 0 fully saturated rings. The summed E-state index contributed by atoms with van der Waals surface area (Å²) in [6, 6.07) is 2.94. The molecule has 0 radical (unpaired) electrons. The van der Waals surface area contributed by atoms with Gasteiger partial charge in [-0.1, -0.05) is 0 Å². The van der Waals surface area contributed by atoms with Crippen molar-refractivity contribution in [2.75, 3.05) is 11.9 Å². The number of sulfonamides is 1. The molecule has 13 heteroatoms. The number of fused-ring (bicyclic) bond motifs is 1. The zero-order valence-corrected chi connectivity index (χ0v) is 16.4. The highest BCUT2D eigenvalue weighted by Crippen LogP contribution is 2.33. The molecule has 1 aromatic heterocycles. The second-order valence-corrected chi connectivity index (χ2v) is 8.18. The van der Waals surface area contributed by atoms with Crippen LogP contribution in [0.2, 0.25) is 0 Å². The number of amides is 3. The molecule has 156 valence electrons. The maximum atomic E-state index is 14.1. The quantitative estimate of drug-likeness (QED) is 0.736. The Morgan fingerprint density at radius 1 is 1.37 bits per heavy atom. The number of benzene rings is 1. The number of carbonyl (C=O) groups is 2. The molecule has 1 aliphatic heterocycles. The minimum absolute atomic E-state index is 0.0822. The molecule has 0 spiro atoms. The zero-order chi connectivity index (χ0) is 22.2. The highest BCUT2D eigenvalue weighted by molar-refractivity contribution is 7.90. The summed E-state index contributed by atoms with van der Waals surface area (Å²) >= 11 is 0. The number of rotatable bonds is 4. The van der Waals surface area contributed by atoms with Gasteiger partial charge in [-0.2, -0.15) is 10.4 Å². The molecule has 10 nitrogen and oxygen atoms in total. The normalized spacial score (nSPS) is 15.6. The van der Waals surface area contributed by atoms with E-state index in [1.54, 1.807) is 6.92 Å². The average Bonchev–Trinajstić information content (AvgIpc) is 2.67. The second-order valence-electron chi connectivity index (χ2n) is 6.38. The summed E-state index contributed by atoms with van der Waals surface area (Å²) in [7, 11) is -4.82. The molecule has 2 N–H and O–H groups in total. The molecular weight excluding hydrogens is 422 g/mol. The van der Waals surface area contributed by atoms with E-state index in [0.29, 0.717) is 17.3 Å². The first-order valence-electron chi connectivity index (χ1n) is 8.41. The van der Waals surface area contributed by atoms with E-state index in [-0.39, 0.29) is 10.00 Å². The number of hydrogen-bond acceptors (Lipinski definition) is 7. The number of anilines is 1. The Labute approximate surface area is 169 Å². The van der Waals surface area contributed by atoms with Crippen LogP contribution in [0.15, 0.2) is 23.1 Å². The molecule has 2 aromatic rings. The van der Waals surface area contributed by atoms with E-state index in [1.807, 2.05) is 6.07 Å². The van der Waals surface area contributed by atoms with Crippen LogP contribution < -0.4 is 10.6 Å². The monoisotopic (exact) mass is 436 g/mol. The Bertz CT molecular complexity index is 1210. The van der Waals surface area contributed by atoms with Crippen LogP contribution in [0.25, 0.3) is 0 Å². The molecule has 0 saturated carbocycles. The predicted octanol–water partition coefficient (Wildman–Crippen LogP) is 1.35. The number of aromatic nitrogens is 2. The van der Waals surface area contributed by atoms with Gasteiger partial charge >= 0.3 is 6.03 Å². The van der Waals surface area contributed by atoms with Gasteiger partial charge < -0.3 is 10.6 Å². The van der Waals surface area contributed by atoms with Crippen LogP contribution in [0.3, 0.4) is 0 Å². The summed E-state index contributed by atoms with van der Waals surface area (Å²) in [5.41, 5.74) is 0.544. The van der Waals surface area contributed by atoms with Crippen molar-refractivity contribution < 1.29 is 26.8 Å². The van der Waals surface area contributed by atoms with E-state index >= 15 is 0 Å². The Morgan fingerprint density at radius 3 is 2.70 bits per heavy atom. The maximum absolute atomic E-state index is 14.1. The molecule has 1 atom stereocenters. The van der Waals surface area contributed by atoms with Gasteiger partial charge in [-0.3, -0.25) is 4.79 Å². The largest absolute Gasteiger partial charge is 0.346 e. The lowest BCUT2D eigenvalue weighted by Gasteiger charge is -2.29. The Balaban J connectivity index is 1.82. The van der Waals surface area contributed by atoms with E-state index in [2.05, 4.69) is 20.8 Å². The third-order valence-electron chi connectivity index (χ3n) is 4.28. The highest BCUT2D eigenvalue weighted by atomic mass is 32.2.